The minimum atomic E-state index is 0.0947. The van der Waals surface area contributed by atoms with Crippen molar-refractivity contribution in [1.29, 1.82) is 0 Å². The summed E-state index contributed by atoms with van der Waals surface area (Å²) in [7, 11) is 1.97. The minimum Gasteiger partial charge on any atom is -0.379 e. The summed E-state index contributed by atoms with van der Waals surface area (Å²) in [4.78, 5) is 17.5. The molecule has 1 aromatic heterocycles. The van der Waals surface area contributed by atoms with Crippen molar-refractivity contribution < 1.29 is 9.53 Å². The molecular weight excluding hydrogens is 274 g/mol. The second-order valence-electron chi connectivity index (χ2n) is 5.06. The fourth-order valence-electron chi connectivity index (χ4n) is 2.20. The van der Waals surface area contributed by atoms with Gasteiger partial charge in [0.05, 0.1) is 19.8 Å². The highest BCUT2D eigenvalue weighted by atomic mass is 32.1. The smallest absolute Gasteiger partial charge is 0.234 e. The molecule has 1 aliphatic heterocycles. The van der Waals surface area contributed by atoms with Crippen LogP contribution in [0.5, 0.6) is 0 Å². The molecule has 0 aliphatic carbocycles. The summed E-state index contributed by atoms with van der Waals surface area (Å²) in [5, 5.41) is 5.04. The molecule has 0 atom stereocenters. The maximum atomic E-state index is 11.8. The van der Waals surface area contributed by atoms with Gasteiger partial charge in [0.2, 0.25) is 5.91 Å². The summed E-state index contributed by atoms with van der Waals surface area (Å²) in [6.07, 6.45) is 0. The van der Waals surface area contributed by atoms with E-state index < -0.39 is 0 Å². The van der Waals surface area contributed by atoms with E-state index in [-0.39, 0.29) is 5.91 Å². The van der Waals surface area contributed by atoms with E-state index in [1.807, 2.05) is 18.0 Å². The van der Waals surface area contributed by atoms with Gasteiger partial charge in [-0.2, -0.15) is 0 Å². The molecule has 20 heavy (non-hydrogen) atoms. The van der Waals surface area contributed by atoms with E-state index in [0.717, 1.165) is 39.4 Å². The Labute approximate surface area is 124 Å². The van der Waals surface area contributed by atoms with Gasteiger partial charge in [0.1, 0.15) is 0 Å². The monoisotopic (exact) mass is 297 g/mol. The quantitative estimate of drug-likeness (QED) is 0.802. The van der Waals surface area contributed by atoms with E-state index in [0.29, 0.717) is 13.1 Å². The van der Waals surface area contributed by atoms with Crippen LogP contribution in [0.3, 0.4) is 0 Å². The molecule has 1 amide bonds. The number of ether oxygens (including phenoxy) is 1. The first-order chi connectivity index (χ1) is 9.74. The molecule has 0 aromatic carbocycles. The van der Waals surface area contributed by atoms with Crippen molar-refractivity contribution in [2.45, 2.75) is 6.54 Å². The molecule has 0 saturated carbocycles. The van der Waals surface area contributed by atoms with Gasteiger partial charge in [0, 0.05) is 37.6 Å². The lowest BCUT2D eigenvalue weighted by Gasteiger charge is -2.26. The predicted molar refractivity (Wildman–Crippen MR) is 80.9 cm³/mol. The second kappa shape index (κ2) is 8.36. The zero-order valence-corrected chi connectivity index (χ0v) is 12.8. The largest absolute Gasteiger partial charge is 0.379 e. The predicted octanol–water partition coefficient (Wildman–Crippen LogP) is 0.628. The number of morpholine rings is 1. The zero-order valence-electron chi connectivity index (χ0n) is 12.0. The minimum absolute atomic E-state index is 0.0947. The standard InChI is InChI=1S/C14H23N3O2S/c1-16(11-13-3-2-10-20-13)12-14(18)15-4-5-17-6-8-19-9-7-17/h2-3,10H,4-9,11-12H2,1H3,(H,15,18). The first-order valence-electron chi connectivity index (χ1n) is 7.02. The van der Waals surface area contributed by atoms with Crippen LogP contribution in [-0.4, -0.2) is 68.7 Å². The van der Waals surface area contributed by atoms with Crippen molar-refractivity contribution in [1.82, 2.24) is 15.1 Å². The summed E-state index contributed by atoms with van der Waals surface area (Å²) < 4.78 is 5.29. The number of carbonyl (C=O) groups is 1. The summed E-state index contributed by atoms with van der Waals surface area (Å²) in [5.74, 6) is 0.0947. The van der Waals surface area contributed by atoms with Crippen molar-refractivity contribution in [3.05, 3.63) is 22.4 Å². The molecule has 1 aliphatic rings. The van der Waals surface area contributed by atoms with Gasteiger partial charge in [-0.1, -0.05) is 6.07 Å². The Morgan fingerprint density at radius 3 is 3.00 bits per heavy atom. The van der Waals surface area contributed by atoms with Crippen molar-refractivity contribution in [3.8, 4) is 0 Å². The molecule has 112 valence electrons. The average molecular weight is 297 g/mol. The normalized spacial score (nSPS) is 16.5. The van der Waals surface area contributed by atoms with Crippen LogP contribution >= 0.6 is 11.3 Å². The Morgan fingerprint density at radius 1 is 1.50 bits per heavy atom. The SMILES string of the molecule is CN(CC(=O)NCCN1CCOCC1)Cc1cccs1. The van der Waals surface area contributed by atoms with E-state index in [4.69, 9.17) is 4.74 Å². The number of amides is 1. The third kappa shape index (κ3) is 5.58. The van der Waals surface area contributed by atoms with Crippen molar-refractivity contribution in [3.63, 3.8) is 0 Å². The van der Waals surface area contributed by atoms with Gasteiger partial charge in [0.15, 0.2) is 0 Å². The second-order valence-corrected chi connectivity index (χ2v) is 6.09. The summed E-state index contributed by atoms with van der Waals surface area (Å²) in [5.41, 5.74) is 0. The van der Waals surface area contributed by atoms with Crippen LogP contribution in [-0.2, 0) is 16.1 Å². The number of hydrogen-bond acceptors (Lipinski definition) is 5. The maximum absolute atomic E-state index is 11.8. The molecule has 5 nitrogen and oxygen atoms in total. The average Bonchev–Trinajstić information content (AvgIpc) is 2.92. The summed E-state index contributed by atoms with van der Waals surface area (Å²) in [6, 6.07) is 4.13. The topological polar surface area (TPSA) is 44.8 Å². The molecule has 1 N–H and O–H groups in total. The van der Waals surface area contributed by atoms with Crippen molar-refractivity contribution in [2.24, 2.45) is 0 Å². The van der Waals surface area contributed by atoms with Gasteiger partial charge >= 0.3 is 0 Å². The Bertz CT molecular complexity index is 391. The van der Waals surface area contributed by atoms with Crippen LogP contribution in [0.2, 0.25) is 0 Å². The lowest BCUT2D eigenvalue weighted by Crippen LogP contribution is -2.43. The number of likely N-dealkylation sites (N-methyl/N-ethyl adjacent to an activating group) is 1. The molecule has 1 aromatic rings. The first-order valence-corrected chi connectivity index (χ1v) is 7.90. The Hall–Kier alpha value is -0.950. The van der Waals surface area contributed by atoms with Crippen LogP contribution < -0.4 is 5.32 Å². The summed E-state index contributed by atoms with van der Waals surface area (Å²) >= 11 is 1.72. The van der Waals surface area contributed by atoms with Crippen LogP contribution in [0.4, 0.5) is 0 Å². The molecule has 2 rings (SSSR count). The number of nitrogens with zero attached hydrogens (tertiary/aromatic N) is 2. The highest BCUT2D eigenvalue weighted by Crippen LogP contribution is 2.10. The van der Waals surface area contributed by atoms with Gasteiger partial charge in [-0.15, -0.1) is 11.3 Å². The molecule has 0 spiro atoms. The van der Waals surface area contributed by atoms with Crippen molar-refractivity contribution >= 4 is 17.2 Å². The molecule has 6 heteroatoms. The highest BCUT2D eigenvalue weighted by Gasteiger charge is 2.11. The number of hydrogen-bond donors (Lipinski definition) is 1. The maximum Gasteiger partial charge on any atom is 0.234 e. The van der Waals surface area contributed by atoms with Gasteiger partial charge in [-0.3, -0.25) is 14.6 Å². The Morgan fingerprint density at radius 2 is 2.30 bits per heavy atom. The van der Waals surface area contributed by atoms with E-state index in [2.05, 4.69) is 21.7 Å². The van der Waals surface area contributed by atoms with E-state index in [9.17, 15) is 4.79 Å². The van der Waals surface area contributed by atoms with Crippen molar-refractivity contribution in [2.75, 3.05) is 53.0 Å². The van der Waals surface area contributed by atoms with Gasteiger partial charge in [-0.05, 0) is 18.5 Å². The van der Waals surface area contributed by atoms with E-state index in [1.54, 1.807) is 11.3 Å². The molecule has 1 saturated heterocycles. The van der Waals surface area contributed by atoms with Crippen LogP contribution in [0, 0.1) is 0 Å². The highest BCUT2D eigenvalue weighted by molar-refractivity contribution is 7.09. The number of carbonyl (C=O) groups excluding carboxylic acids is 1. The van der Waals surface area contributed by atoms with Crippen LogP contribution in [0.25, 0.3) is 0 Å². The zero-order chi connectivity index (χ0) is 14.2. The van der Waals surface area contributed by atoms with Gasteiger partial charge in [-0.25, -0.2) is 0 Å². The Kier molecular flexibility index (Phi) is 6.46. The number of nitrogens with one attached hydrogen (secondary N) is 1. The summed E-state index contributed by atoms with van der Waals surface area (Å²) in [6.45, 7) is 6.43. The third-order valence-corrected chi connectivity index (χ3v) is 4.13. The third-order valence-electron chi connectivity index (χ3n) is 3.27. The van der Waals surface area contributed by atoms with Crippen LogP contribution in [0.1, 0.15) is 4.88 Å². The number of thiophene rings is 1. The molecule has 1 fully saturated rings. The number of rotatable bonds is 7. The molecule has 2 heterocycles. The molecule has 0 unspecified atom stereocenters. The lowest BCUT2D eigenvalue weighted by atomic mass is 10.4. The lowest BCUT2D eigenvalue weighted by molar-refractivity contribution is -0.122. The molecule has 0 radical (unpaired) electrons. The van der Waals surface area contributed by atoms with Gasteiger partial charge in [0.25, 0.3) is 0 Å². The Balaban J connectivity index is 1.57. The molecule has 0 bridgehead atoms. The van der Waals surface area contributed by atoms with E-state index >= 15 is 0 Å². The first kappa shape index (κ1) is 15.4. The van der Waals surface area contributed by atoms with Crippen LogP contribution in [0.15, 0.2) is 17.5 Å². The van der Waals surface area contributed by atoms with E-state index in [1.165, 1.54) is 4.88 Å². The fourth-order valence-corrected chi connectivity index (χ4v) is 2.99. The molecular formula is C14H23N3O2S. The van der Waals surface area contributed by atoms with Gasteiger partial charge < -0.3 is 10.1 Å². The fraction of sp³-hybridized carbons (Fsp3) is 0.643.